The number of nitrogens with one attached hydrogen (secondary N) is 2. The van der Waals surface area contributed by atoms with Gasteiger partial charge >= 0.3 is 0 Å². The fourth-order valence-corrected chi connectivity index (χ4v) is 2.91. The van der Waals surface area contributed by atoms with Crippen LogP contribution in [0.15, 0.2) is 4.99 Å². The SMILES string of the molecule is CCNC(=NCCN(CC)C(C)C)NC1CCN(C(=O)CC)C1.I. The number of likely N-dealkylation sites (N-methyl/N-ethyl adjacent to an activating group) is 1. The second kappa shape index (κ2) is 12.7. The quantitative estimate of drug-likeness (QED) is 0.335. The van der Waals surface area contributed by atoms with Crippen LogP contribution >= 0.6 is 24.0 Å². The van der Waals surface area contributed by atoms with Crippen LogP contribution in [0.1, 0.15) is 47.5 Å². The van der Waals surface area contributed by atoms with Gasteiger partial charge in [0.25, 0.3) is 0 Å². The van der Waals surface area contributed by atoms with Gasteiger partial charge in [-0.1, -0.05) is 13.8 Å². The predicted molar refractivity (Wildman–Crippen MR) is 112 cm³/mol. The van der Waals surface area contributed by atoms with Crippen molar-refractivity contribution in [3.8, 4) is 0 Å². The number of carbonyl (C=O) groups is 1. The van der Waals surface area contributed by atoms with Gasteiger partial charge in [0.2, 0.25) is 5.91 Å². The van der Waals surface area contributed by atoms with Gasteiger partial charge < -0.3 is 15.5 Å². The summed E-state index contributed by atoms with van der Waals surface area (Å²) in [6.07, 6.45) is 1.58. The first-order valence-electron chi connectivity index (χ1n) is 9.08. The lowest BCUT2D eigenvalue weighted by Gasteiger charge is -2.24. The smallest absolute Gasteiger partial charge is 0.222 e. The van der Waals surface area contributed by atoms with E-state index in [-0.39, 0.29) is 29.9 Å². The van der Waals surface area contributed by atoms with Gasteiger partial charge in [-0.25, -0.2) is 0 Å². The molecule has 1 rings (SSSR count). The molecule has 0 bridgehead atoms. The van der Waals surface area contributed by atoms with Gasteiger partial charge in [-0.15, -0.1) is 24.0 Å². The Labute approximate surface area is 164 Å². The normalized spacial score (nSPS) is 18.0. The van der Waals surface area contributed by atoms with Crippen LogP contribution in [0.25, 0.3) is 0 Å². The zero-order valence-corrected chi connectivity index (χ0v) is 18.3. The third-order valence-electron chi connectivity index (χ3n) is 4.32. The van der Waals surface area contributed by atoms with Crippen LogP contribution < -0.4 is 10.6 Å². The summed E-state index contributed by atoms with van der Waals surface area (Å²) in [7, 11) is 0. The highest BCUT2D eigenvalue weighted by molar-refractivity contribution is 14.0. The molecule has 1 fully saturated rings. The van der Waals surface area contributed by atoms with E-state index in [0.717, 1.165) is 51.6 Å². The van der Waals surface area contributed by atoms with Crippen LogP contribution in [0.2, 0.25) is 0 Å². The van der Waals surface area contributed by atoms with Gasteiger partial charge in [0.05, 0.1) is 6.54 Å². The minimum atomic E-state index is 0. The maximum absolute atomic E-state index is 11.8. The maximum Gasteiger partial charge on any atom is 0.222 e. The molecule has 142 valence electrons. The summed E-state index contributed by atoms with van der Waals surface area (Å²) in [4.78, 5) is 20.8. The Hall–Kier alpha value is -0.570. The van der Waals surface area contributed by atoms with Crippen molar-refractivity contribution in [3.05, 3.63) is 0 Å². The van der Waals surface area contributed by atoms with Crippen molar-refractivity contribution in [2.75, 3.05) is 39.3 Å². The van der Waals surface area contributed by atoms with E-state index in [0.29, 0.717) is 18.5 Å². The molecule has 1 unspecified atom stereocenters. The van der Waals surface area contributed by atoms with Crippen molar-refractivity contribution in [2.45, 2.75) is 59.5 Å². The number of hydrogen-bond acceptors (Lipinski definition) is 3. The van der Waals surface area contributed by atoms with Crippen molar-refractivity contribution in [2.24, 2.45) is 4.99 Å². The van der Waals surface area contributed by atoms with Crippen LogP contribution in [0, 0.1) is 0 Å². The summed E-state index contributed by atoms with van der Waals surface area (Å²) in [6, 6.07) is 0.852. The first-order chi connectivity index (χ1) is 11.0. The first kappa shape index (κ1) is 23.4. The van der Waals surface area contributed by atoms with E-state index in [1.54, 1.807) is 0 Å². The maximum atomic E-state index is 11.8. The Balaban J connectivity index is 0.00000529. The Morgan fingerprint density at radius 3 is 2.58 bits per heavy atom. The Kier molecular flexibility index (Phi) is 12.4. The lowest BCUT2D eigenvalue weighted by molar-refractivity contribution is -0.129. The highest BCUT2D eigenvalue weighted by atomic mass is 127. The molecule has 6 nitrogen and oxygen atoms in total. The van der Waals surface area contributed by atoms with Gasteiger partial charge in [0, 0.05) is 44.7 Å². The number of carbonyl (C=O) groups excluding carboxylic acids is 1. The molecule has 0 spiro atoms. The summed E-state index contributed by atoms with van der Waals surface area (Å²) in [6.45, 7) is 15.9. The average molecular weight is 453 g/mol. The summed E-state index contributed by atoms with van der Waals surface area (Å²) >= 11 is 0. The van der Waals surface area contributed by atoms with Gasteiger partial charge in [-0.2, -0.15) is 0 Å². The lowest BCUT2D eigenvalue weighted by atomic mass is 10.3. The standard InChI is InChI=1S/C17H35N5O.HI/c1-6-16(23)22-11-9-15(13-22)20-17(18-7-2)19-10-12-21(8-3)14(4)5;/h14-15H,6-13H2,1-5H3,(H2,18,19,20);1H. The topological polar surface area (TPSA) is 60.0 Å². The van der Waals surface area contributed by atoms with Crippen molar-refractivity contribution in [3.63, 3.8) is 0 Å². The number of rotatable bonds is 8. The van der Waals surface area contributed by atoms with Crippen LogP contribution in [-0.2, 0) is 4.79 Å². The molecule has 1 amide bonds. The highest BCUT2D eigenvalue weighted by Crippen LogP contribution is 2.10. The molecule has 0 radical (unpaired) electrons. The van der Waals surface area contributed by atoms with Gasteiger partial charge in [0.15, 0.2) is 5.96 Å². The second-order valence-electron chi connectivity index (χ2n) is 6.31. The van der Waals surface area contributed by atoms with E-state index in [9.17, 15) is 4.79 Å². The molecule has 2 N–H and O–H groups in total. The van der Waals surface area contributed by atoms with Crippen LogP contribution in [-0.4, -0.2) is 73.0 Å². The van der Waals surface area contributed by atoms with Crippen LogP contribution in [0.3, 0.4) is 0 Å². The molecule has 0 aromatic rings. The molecule has 1 aliphatic heterocycles. The average Bonchev–Trinajstić information content (AvgIpc) is 2.99. The zero-order chi connectivity index (χ0) is 17.2. The summed E-state index contributed by atoms with van der Waals surface area (Å²) in [5, 5.41) is 6.78. The van der Waals surface area contributed by atoms with E-state index in [2.05, 4.69) is 48.2 Å². The van der Waals surface area contributed by atoms with Crippen LogP contribution in [0.4, 0.5) is 0 Å². The van der Waals surface area contributed by atoms with E-state index in [1.807, 2.05) is 11.8 Å². The third kappa shape index (κ3) is 8.00. The van der Waals surface area contributed by atoms with E-state index < -0.39 is 0 Å². The zero-order valence-electron chi connectivity index (χ0n) is 16.0. The summed E-state index contributed by atoms with van der Waals surface area (Å²) in [5.41, 5.74) is 0. The number of guanidine groups is 1. The van der Waals surface area contributed by atoms with Crippen molar-refractivity contribution in [1.29, 1.82) is 0 Å². The molecule has 24 heavy (non-hydrogen) atoms. The Bertz CT molecular complexity index is 389. The predicted octanol–water partition coefficient (Wildman–Crippen LogP) is 1.90. The molecular weight excluding hydrogens is 417 g/mol. The highest BCUT2D eigenvalue weighted by Gasteiger charge is 2.25. The number of hydrogen-bond donors (Lipinski definition) is 2. The molecular formula is C17H36IN5O. The molecule has 0 aliphatic carbocycles. The molecule has 1 atom stereocenters. The van der Waals surface area contributed by atoms with Crippen LogP contribution in [0.5, 0.6) is 0 Å². The van der Waals surface area contributed by atoms with Crippen molar-refractivity contribution < 1.29 is 4.79 Å². The number of amides is 1. The van der Waals surface area contributed by atoms with Crippen molar-refractivity contribution in [1.82, 2.24) is 20.4 Å². The second-order valence-corrected chi connectivity index (χ2v) is 6.31. The van der Waals surface area contributed by atoms with Gasteiger partial charge in [0.1, 0.15) is 0 Å². The summed E-state index contributed by atoms with van der Waals surface area (Å²) in [5.74, 6) is 1.11. The molecule has 1 saturated heterocycles. The molecule has 0 aromatic heterocycles. The first-order valence-corrected chi connectivity index (χ1v) is 9.08. The van der Waals surface area contributed by atoms with Crippen molar-refractivity contribution >= 4 is 35.8 Å². The number of nitrogens with zero attached hydrogens (tertiary/aromatic N) is 3. The van der Waals surface area contributed by atoms with Gasteiger partial charge in [-0.05, 0) is 33.7 Å². The van der Waals surface area contributed by atoms with E-state index >= 15 is 0 Å². The third-order valence-corrected chi connectivity index (χ3v) is 4.32. The minimum Gasteiger partial charge on any atom is -0.357 e. The number of halogens is 1. The molecule has 1 heterocycles. The number of aliphatic imine (C=N–C) groups is 1. The van der Waals surface area contributed by atoms with E-state index in [4.69, 9.17) is 0 Å². The Morgan fingerprint density at radius 1 is 1.33 bits per heavy atom. The van der Waals surface area contributed by atoms with E-state index in [1.165, 1.54) is 0 Å². The lowest BCUT2D eigenvalue weighted by Crippen LogP contribution is -2.45. The molecule has 1 aliphatic rings. The molecule has 0 aromatic carbocycles. The molecule has 0 saturated carbocycles. The Morgan fingerprint density at radius 2 is 2.04 bits per heavy atom. The summed E-state index contributed by atoms with van der Waals surface area (Å²) < 4.78 is 0. The largest absolute Gasteiger partial charge is 0.357 e. The molecule has 7 heteroatoms. The monoisotopic (exact) mass is 453 g/mol. The van der Waals surface area contributed by atoms with Gasteiger partial charge in [-0.3, -0.25) is 14.7 Å². The fraction of sp³-hybridized carbons (Fsp3) is 0.882. The fourth-order valence-electron chi connectivity index (χ4n) is 2.91. The number of likely N-dealkylation sites (tertiary alicyclic amines) is 1. The minimum absolute atomic E-state index is 0.